The van der Waals surface area contributed by atoms with Gasteiger partial charge in [0, 0.05) is 25.7 Å². The molecule has 2 aliphatic heterocycles. The largest absolute Gasteiger partial charge is 0.393 e. The Labute approximate surface area is 177 Å². The molecule has 30 heavy (non-hydrogen) atoms. The molecule has 0 bridgehead atoms. The van der Waals surface area contributed by atoms with Gasteiger partial charge in [-0.1, -0.05) is 6.07 Å². The second-order valence-electron chi connectivity index (χ2n) is 7.74. The van der Waals surface area contributed by atoms with E-state index in [-0.39, 0.29) is 32.1 Å². The predicted octanol–water partition coefficient (Wildman–Crippen LogP) is 3.15. The first kappa shape index (κ1) is 21.0. The molecule has 4 heterocycles. The van der Waals surface area contributed by atoms with Crippen molar-refractivity contribution in [3.05, 3.63) is 35.0 Å². The van der Waals surface area contributed by atoms with Crippen LogP contribution < -0.4 is 0 Å². The number of rotatable bonds is 5. The van der Waals surface area contributed by atoms with Crippen LogP contribution in [0.1, 0.15) is 31.5 Å². The number of carbonyl (C=O) groups excluding carboxylic acids is 1. The molecule has 0 N–H and O–H groups in total. The van der Waals surface area contributed by atoms with Crippen LogP contribution in [0, 0.1) is 10.7 Å². The lowest BCUT2D eigenvalue weighted by Crippen LogP contribution is -2.42. The number of alkyl halides is 3. The van der Waals surface area contributed by atoms with E-state index in [2.05, 4.69) is 10.1 Å². The smallest absolute Gasteiger partial charge is 0.335 e. The Kier molecular flexibility index (Phi) is 5.92. The third-order valence-corrected chi connectivity index (χ3v) is 5.98. The second-order valence-corrected chi connectivity index (χ2v) is 8.10. The van der Waals surface area contributed by atoms with E-state index >= 15 is 0 Å². The molecule has 2 aliphatic rings. The number of hydrogen-bond donors (Lipinski definition) is 0. The molecule has 0 saturated carbocycles. The SMILES string of the molecule is O=C1CCCN1Cc1nn(CN2CCC[C@H](C(F)(F)F)C2)c(=S)n1-c1ccccn1. The summed E-state index contributed by atoms with van der Waals surface area (Å²) in [6.07, 6.45) is -0.621. The van der Waals surface area contributed by atoms with Gasteiger partial charge in [0.05, 0.1) is 19.1 Å². The van der Waals surface area contributed by atoms with E-state index in [0.29, 0.717) is 42.3 Å². The molecule has 4 rings (SSSR count). The molecule has 0 aromatic carbocycles. The Morgan fingerprint density at radius 2 is 2.03 bits per heavy atom. The highest BCUT2D eigenvalue weighted by Gasteiger charge is 2.41. The van der Waals surface area contributed by atoms with E-state index in [4.69, 9.17) is 12.2 Å². The lowest BCUT2D eigenvalue weighted by molar-refractivity contribution is -0.188. The summed E-state index contributed by atoms with van der Waals surface area (Å²) >= 11 is 5.61. The number of piperidine rings is 1. The van der Waals surface area contributed by atoms with Gasteiger partial charge in [-0.25, -0.2) is 9.67 Å². The second kappa shape index (κ2) is 8.46. The number of aromatic nitrogens is 4. The van der Waals surface area contributed by atoms with Crippen LogP contribution in [0.5, 0.6) is 0 Å². The third kappa shape index (κ3) is 4.41. The molecule has 0 unspecified atom stereocenters. The van der Waals surface area contributed by atoms with Crippen molar-refractivity contribution in [2.45, 2.75) is 45.1 Å². The molecule has 2 aromatic rings. The van der Waals surface area contributed by atoms with Crippen molar-refractivity contribution >= 4 is 18.1 Å². The Bertz CT molecular complexity index is 957. The fraction of sp³-hybridized carbons (Fsp3) is 0.579. The van der Waals surface area contributed by atoms with Crippen LogP contribution in [0.4, 0.5) is 13.2 Å². The molecule has 162 valence electrons. The first-order valence-electron chi connectivity index (χ1n) is 10.00. The molecule has 11 heteroatoms. The Morgan fingerprint density at radius 1 is 1.20 bits per heavy atom. The molecule has 1 amide bonds. The summed E-state index contributed by atoms with van der Waals surface area (Å²) < 4.78 is 43.1. The van der Waals surface area contributed by atoms with Crippen LogP contribution in [-0.4, -0.2) is 60.8 Å². The maximum atomic E-state index is 13.2. The summed E-state index contributed by atoms with van der Waals surface area (Å²) in [5, 5.41) is 4.58. The zero-order chi connectivity index (χ0) is 21.3. The zero-order valence-corrected chi connectivity index (χ0v) is 17.2. The average Bonchev–Trinajstić information content (AvgIpc) is 3.25. The topological polar surface area (TPSA) is 59.2 Å². The molecule has 2 saturated heterocycles. The normalized spacial score (nSPS) is 20.8. The molecule has 1 atom stereocenters. The van der Waals surface area contributed by atoms with Gasteiger partial charge in [0.15, 0.2) is 5.82 Å². The molecule has 0 radical (unpaired) electrons. The highest BCUT2D eigenvalue weighted by Crippen LogP contribution is 2.33. The summed E-state index contributed by atoms with van der Waals surface area (Å²) in [5.41, 5.74) is 0. The summed E-state index contributed by atoms with van der Waals surface area (Å²) in [6.45, 7) is 1.61. The van der Waals surface area contributed by atoms with Crippen molar-refractivity contribution in [1.29, 1.82) is 0 Å². The minimum Gasteiger partial charge on any atom is -0.335 e. The number of nitrogens with zero attached hydrogens (tertiary/aromatic N) is 6. The summed E-state index contributed by atoms with van der Waals surface area (Å²) in [7, 11) is 0. The van der Waals surface area contributed by atoms with E-state index in [1.54, 1.807) is 37.4 Å². The average molecular weight is 440 g/mol. The molecular weight excluding hydrogens is 417 g/mol. The third-order valence-electron chi connectivity index (χ3n) is 5.59. The van der Waals surface area contributed by atoms with Crippen LogP contribution in [0.25, 0.3) is 5.82 Å². The Balaban J connectivity index is 1.62. The first-order chi connectivity index (χ1) is 14.3. The molecule has 2 aromatic heterocycles. The van der Waals surface area contributed by atoms with Gasteiger partial charge in [0.2, 0.25) is 10.7 Å². The minimum atomic E-state index is -4.20. The van der Waals surface area contributed by atoms with Crippen molar-refractivity contribution in [3.8, 4) is 5.82 Å². The van der Waals surface area contributed by atoms with Crippen LogP contribution in [0.2, 0.25) is 0 Å². The lowest BCUT2D eigenvalue weighted by atomic mass is 9.98. The van der Waals surface area contributed by atoms with Crippen LogP contribution in [-0.2, 0) is 18.0 Å². The van der Waals surface area contributed by atoms with Crippen molar-refractivity contribution in [2.75, 3.05) is 19.6 Å². The van der Waals surface area contributed by atoms with Crippen LogP contribution in [0.3, 0.4) is 0 Å². The monoisotopic (exact) mass is 440 g/mol. The Hall–Kier alpha value is -2.27. The van der Waals surface area contributed by atoms with E-state index in [1.807, 2.05) is 6.07 Å². The number of carbonyl (C=O) groups is 1. The van der Waals surface area contributed by atoms with Crippen LogP contribution >= 0.6 is 12.2 Å². The Morgan fingerprint density at radius 3 is 2.70 bits per heavy atom. The summed E-state index contributed by atoms with van der Waals surface area (Å²) in [6, 6.07) is 5.40. The maximum Gasteiger partial charge on any atom is 0.393 e. The number of pyridine rings is 1. The van der Waals surface area contributed by atoms with E-state index in [9.17, 15) is 18.0 Å². The summed E-state index contributed by atoms with van der Waals surface area (Å²) in [4.78, 5) is 19.9. The van der Waals surface area contributed by atoms with Crippen molar-refractivity contribution in [3.63, 3.8) is 0 Å². The highest BCUT2D eigenvalue weighted by molar-refractivity contribution is 7.71. The molecule has 7 nitrogen and oxygen atoms in total. The number of halogens is 3. The van der Waals surface area contributed by atoms with Gasteiger partial charge in [0.1, 0.15) is 5.82 Å². The number of likely N-dealkylation sites (tertiary alicyclic amines) is 2. The van der Waals surface area contributed by atoms with Gasteiger partial charge in [-0.3, -0.25) is 14.3 Å². The number of hydrogen-bond acceptors (Lipinski definition) is 5. The van der Waals surface area contributed by atoms with Crippen molar-refractivity contribution in [2.24, 2.45) is 5.92 Å². The van der Waals surface area contributed by atoms with E-state index in [1.165, 1.54) is 0 Å². The first-order valence-corrected chi connectivity index (χ1v) is 10.4. The molecule has 0 spiro atoms. The predicted molar refractivity (Wildman–Crippen MR) is 105 cm³/mol. The summed E-state index contributed by atoms with van der Waals surface area (Å²) in [5.74, 6) is -0.146. The van der Waals surface area contributed by atoms with Gasteiger partial charge < -0.3 is 4.90 Å². The van der Waals surface area contributed by atoms with E-state index in [0.717, 1.165) is 6.42 Å². The zero-order valence-electron chi connectivity index (χ0n) is 16.4. The maximum absolute atomic E-state index is 13.2. The van der Waals surface area contributed by atoms with Gasteiger partial charge in [-0.15, -0.1) is 0 Å². The highest BCUT2D eigenvalue weighted by atomic mass is 32.1. The van der Waals surface area contributed by atoms with Gasteiger partial charge >= 0.3 is 6.18 Å². The fourth-order valence-electron chi connectivity index (χ4n) is 4.05. The van der Waals surface area contributed by atoms with Crippen molar-refractivity contribution < 1.29 is 18.0 Å². The van der Waals surface area contributed by atoms with Gasteiger partial charge in [-0.2, -0.15) is 18.3 Å². The van der Waals surface area contributed by atoms with E-state index < -0.39 is 12.1 Å². The van der Waals surface area contributed by atoms with Crippen molar-refractivity contribution in [1.82, 2.24) is 29.1 Å². The quantitative estimate of drug-likeness (QED) is 0.669. The van der Waals surface area contributed by atoms with Crippen LogP contribution in [0.15, 0.2) is 24.4 Å². The fourth-order valence-corrected chi connectivity index (χ4v) is 4.34. The molecular formula is C19H23F3N6OS. The molecule has 2 fully saturated rings. The minimum absolute atomic E-state index is 0.0621. The van der Waals surface area contributed by atoms with Gasteiger partial charge in [0.25, 0.3) is 0 Å². The lowest BCUT2D eigenvalue weighted by Gasteiger charge is -2.33. The molecule has 0 aliphatic carbocycles. The number of amides is 1. The standard InChI is InChI=1S/C19H23F3N6OS/c20-19(21,22)14-5-3-9-25(11-14)13-27-18(30)28(15-6-1-2-8-23-15)16(24-27)12-26-10-4-7-17(26)29/h1-2,6,8,14H,3-5,7,9-13H2/t14-/m0/s1. The van der Waals surface area contributed by atoms with Gasteiger partial charge in [-0.05, 0) is 50.2 Å².